The van der Waals surface area contributed by atoms with Crippen LogP contribution in [0.5, 0.6) is 0 Å². The molecule has 168 valence electrons. The van der Waals surface area contributed by atoms with Crippen molar-refractivity contribution >= 4 is 26.4 Å². The maximum absolute atomic E-state index is 15.0. The summed E-state index contributed by atoms with van der Waals surface area (Å²) in [6.45, 7) is 5.36. The van der Waals surface area contributed by atoms with Crippen molar-refractivity contribution < 1.29 is 17.2 Å². The van der Waals surface area contributed by atoms with E-state index in [1.807, 2.05) is 24.8 Å². The lowest BCUT2D eigenvalue weighted by Crippen LogP contribution is -2.44. The fraction of sp³-hybridized carbons (Fsp3) is 0.381. The molecule has 1 aliphatic heterocycles. The molecule has 1 saturated heterocycles. The van der Waals surface area contributed by atoms with Gasteiger partial charge < -0.3 is 18.8 Å². The smallest absolute Gasteiger partial charge is 0.336 e. The van der Waals surface area contributed by atoms with E-state index >= 15 is 4.39 Å². The fourth-order valence-electron chi connectivity index (χ4n) is 3.72. The normalized spacial score (nSPS) is 15.2. The molecular weight excluding hydrogens is 437 g/mol. The Balaban J connectivity index is 1.83. The molecule has 32 heavy (non-hydrogen) atoms. The molecule has 1 fully saturated rings. The van der Waals surface area contributed by atoms with E-state index in [2.05, 4.69) is 15.1 Å². The number of benzene rings is 1. The molecule has 0 saturated carbocycles. The van der Waals surface area contributed by atoms with Crippen molar-refractivity contribution in [1.29, 1.82) is 0 Å². The molecular formula is C21H22FN5O4S. The molecule has 3 heterocycles. The lowest BCUT2D eigenvalue weighted by Gasteiger charge is -2.34. The third-order valence-electron chi connectivity index (χ3n) is 5.51. The van der Waals surface area contributed by atoms with E-state index in [0.29, 0.717) is 30.8 Å². The molecule has 0 N–H and O–H groups in total. The van der Waals surface area contributed by atoms with Gasteiger partial charge in [-0.25, -0.2) is 12.8 Å². The number of likely N-dealkylation sites (N-methyl/N-ethyl adjacent to an activating group) is 1. The zero-order valence-corrected chi connectivity index (χ0v) is 18.5. The van der Waals surface area contributed by atoms with Gasteiger partial charge in [-0.15, -0.1) is 11.5 Å². The minimum Gasteiger partial charge on any atom is -0.408 e. The van der Waals surface area contributed by atoms with E-state index in [0.717, 1.165) is 13.1 Å². The van der Waals surface area contributed by atoms with Gasteiger partial charge in [0.25, 0.3) is 5.89 Å². The van der Waals surface area contributed by atoms with Gasteiger partial charge in [-0.2, -0.15) is 0 Å². The topological polar surface area (TPSA) is 102 Å². The highest BCUT2D eigenvalue weighted by atomic mass is 32.2. The van der Waals surface area contributed by atoms with Crippen LogP contribution in [-0.2, 0) is 16.4 Å². The third kappa shape index (κ3) is 3.87. The van der Waals surface area contributed by atoms with E-state index in [4.69, 9.17) is 10.8 Å². The zero-order valence-electron chi connectivity index (χ0n) is 17.7. The molecule has 0 aliphatic carbocycles. The molecule has 1 aromatic carbocycles. The fourth-order valence-corrected chi connectivity index (χ4v) is 4.43. The number of hydrogen-bond acceptors (Lipinski definition) is 8. The maximum Gasteiger partial charge on any atom is 0.336 e. The molecule has 0 amide bonds. The number of rotatable bonds is 5. The number of halogens is 1. The van der Waals surface area contributed by atoms with Gasteiger partial charge in [-0.3, -0.25) is 4.79 Å². The first kappa shape index (κ1) is 22.0. The standard InChI is InChI=1S/C21H22FN5O4S/c1-4-10-32(29,30)21-24-23-20(31-21)15-13-26(5-2)17-12-18(16(22)11-14(17)19(15)28)27-8-6-25(3)7-9-27/h1,11-13H,5-10H2,2-3H3. The van der Waals surface area contributed by atoms with Gasteiger partial charge in [0, 0.05) is 44.3 Å². The molecule has 11 heteroatoms. The van der Waals surface area contributed by atoms with E-state index in [1.54, 1.807) is 10.6 Å². The van der Waals surface area contributed by atoms with Crippen LogP contribution in [0, 0.1) is 18.2 Å². The number of pyridine rings is 1. The van der Waals surface area contributed by atoms with Crippen LogP contribution in [0.2, 0.25) is 0 Å². The second-order valence-electron chi connectivity index (χ2n) is 7.61. The first-order valence-corrected chi connectivity index (χ1v) is 11.7. The summed E-state index contributed by atoms with van der Waals surface area (Å²) in [5.74, 6) is 0.651. The van der Waals surface area contributed by atoms with Crippen molar-refractivity contribution in [3.05, 3.63) is 34.4 Å². The molecule has 0 atom stereocenters. The summed E-state index contributed by atoms with van der Waals surface area (Å²) < 4.78 is 46.2. The van der Waals surface area contributed by atoms with Crippen LogP contribution >= 0.6 is 0 Å². The molecule has 3 aromatic rings. The molecule has 0 radical (unpaired) electrons. The Kier molecular flexibility index (Phi) is 5.75. The average molecular weight is 460 g/mol. The summed E-state index contributed by atoms with van der Waals surface area (Å²) >= 11 is 0. The predicted molar refractivity (Wildman–Crippen MR) is 118 cm³/mol. The Morgan fingerprint density at radius 2 is 1.94 bits per heavy atom. The van der Waals surface area contributed by atoms with E-state index < -0.39 is 32.1 Å². The van der Waals surface area contributed by atoms with Crippen LogP contribution in [0.1, 0.15) is 6.92 Å². The lowest BCUT2D eigenvalue weighted by molar-refractivity contribution is 0.312. The Hall–Kier alpha value is -3.23. The van der Waals surface area contributed by atoms with Gasteiger partial charge in [0.2, 0.25) is 15.3 Å². The largest absolute Gasteiger partial charge is 0.408 e. The molecule has 0 bridgehead atoms. The van der Waals surface area contributed by atoms with E-state index in [9.17, 15) is 13.2 Å². The van der Waals surface area contributed by atoms with Gasteiger partial charge >= 0.3 is 5.22 Å². The van der Waals surface area contributed by atoms with Crippen LogP contribution in [0.15, 0.2) is 32.8 Å². The lowest BCUT2D eigenvalue weighted by atomic mass is 10.1. The second-order valence-corrected chi connectivity index (χ2v) is 9.47. The van der Waals surface area contributed by atoms with Crippen LogP contribution in [-0.4, -0.2) is 67.1 Å². The van der Waals surface area contributed by atoms with Gasteiger partial charge in [-0.05, 0) is 26.1 Å². The monoisotopic (exact) mass is 459 g/mol. The number of aromatic nitrogens is 3. The van der Waals surface area contributed by atoms with Crippen molar-refractivity contribution in [2.24, 2.45) is 0 Å². The van der Waals surface area contributed by atoms with Crippen LogP contribution in [0.4, 0.5) is 10.1 Å². The van der Waals surface area contributed by atoms with Crippen LogP contribution < -0.4 is 10.3 Å². The highest BCUT2D eigenvalue weighted by Gasteiger charge is 2.25. The van der Waals surface area contributed by atoms with E-state index in [1.165, 1.54) is 12.3 Å². The molecule has 1 aliphatic rings. The van der Waals surface area contributed by atoms with Crippen molar-refractivity contribution in [3.63, 3.8) is 0 Å². The second kappa shape index (κ2) is 8.37. The predicted octanol–water partition coefficient (Wildman–Crippen LogP) is 1.37. The van der Waals surface area contributed by atoms with Gasteiger partial charge in [-0.1, -0.05) is 11.0 Å². The van der Waals surface area contributed by atoms with Crippen molar-refractivity contribution in [3.8, 4) is 23.8 Å². The summed E-state index contributed by atoms with van der Waals surface area (Å²) in [7, 11) is -1.93. The number of hydrogen-bond donors (Lipinski definition) is 0. The number of piperazine rings is 1. The molecule has 4 rings (SSSR count). The third-order valence-corrected chi connectivity index (χ3v) is 6.75. The van der Waals surface area contributed by atoms with Crippen LogP contribution in [0.3, 0.4) is 0 Å². The number of aryl methyl sites for hydroxylation is 1. The number of nitrogens with zero attached hydrogens (tertiary/aromatic N) is 5. The first-order valence-electron chi connectivity index (χ1n) is 10.1. The zero-order chi connectivity index (χ0) is 23.0. The summed E-state index contributed by atoms with van der Waals surface area (Å²) in [6, 6.07) is 2.90. The molecule has 2 aromatic heterocycles. The van der Waals surface area contributed by atoms with Gasteiger partial charge in [0.05, 0.1) is 11.2 Å². The highest BCUT2D eigenvalue weighted by Crippen LogP contribution is 2.28. The van der Waals surface area contributed by atoms with Crippen molar-refractivity contribution in [1.82, 2.24) is 19.7 Å². The molecule has 0 unspecified atom stereocenters. The summed E-state index contributed by atoms with van der Waals surface area (Å²) in [5, 5.41) is 6.72. The highest BCUT2D eigenvalue weighted by molar-refractivity contribution is 7.91. The van der Waals surface area contributed by atoms with Crippen molar-refractivity contribution in [2.75, 3.05) is 43.9 Å². The van der Waals surface area contributed by atoms with Gasteiger partial charge in [0.15, 0.2) is 0 Å². The Morgan fingerprint density at radius 3 is 2.59 bits per heavy atom. The first-order chi connectivity index (χ1) is 15.2. The van der Waals surface area contributed by atoms with Crippen molar-refractivity contribution in [2.45, 2.75) is 18.7 Å². The van der Waals surface area contributed by atoms with E-state index in [-0.39, 0.29) is 16.8 Å². The Morgan fingerprint density at radius 1 is 1.22 bits per heavy atom. The summed E-state index contributed by atoms with van der Waals surface area (Å²) in [5.41, 5.74) is 0.468. The summed E-state index contributed by atoms with van der Waals surface area (Å²) in [4.78, 5) is 17.3. The minimum atomic E-state index is -3.95. The maximum atomic E-state index is 15.0. The molecule has 9 nitrogen and oxygen atoms in total. The molecule has 0 spiro atoms. The van der Waals surface area contributed by atoms with Gasteiger partial charge in [0.1, 0.15) is 17.1 Å². The summed E-state index contributed by atoms with van der Waals surface area (Å²) in [6.07, 6.45) is 6.58. The Bertz CT molecular complexity index is 1380. The number of terminal acetylenes is 1. The SMILES string of the molecule is C#CCS(=O)(=O)c1nnc(-c2cn(CC)c3cc(N4CCN(C)CC4)c(F)cc3c2=O)o1. The minimum absolute atomic E-state index is 0.0132. The number of fused-ring (bicyclic) bond motifs is 1. The quantitative estimate of drug-likeness (QED) is 0.528. The van der Waals surface area contributed by atoms with Crippen LogP contribution in [0.25, 0.3) is 22.4 Å². The number of anilines is 1. The average Bonchev–Trinajstić information content (AvgIpc) is 3.26. The Labute approximate surface area is 184 Å². The number of sulfone groups is 1.